The van der Waals surface area contributed by atoms with Gasteiger partial charge in [0.05, 0.1) is 11.9 Å². The summed E-state index contributed by atoms with van der Waals surface area (Å²) < 4.78 is 0. The first-order valence-corrected chi connectivity index (χ1v) is 10.0. The van der Waals surface area contributed by atoms with E-state index in [9.17, 15) is 10.2 Å². The van der Waals surface area contributed by atoms with Crippen molar-refractivity contribution in [3.05, 3.63) is 35.3 Å². The highest BCUT2D eigenvalue weighted by Gasteiger charge is 2.59. The Bertz CT molecular complexity index is 634. The molecule has 0 bridgehead atoms. The average Bonchev–Trinajstić information content (AvgIpc) is 2.82. The van der Waals surface area contributed by atoms with E-state index < -0.39 is 0 Å². The molecule has 0 radical (unpaired) electrons. The highest BCUT2D eigenvalue weighted by Crippen LogP contribution is 2.65. The van der Waals surface area contributed by atoms with Crippen molar-refractivity contribution in [3.8, 4) is 0 Å². The van der Waals surface area contributed by atoms with Crippen LogP contribution in [0.3, 0.4) is 0 Å². The van der Waals surface area contributed by atoms with Crippen LogP contribution in [0.4, 0.5) is 0 Å². The molecule has 4 aliphatic carbocycles. The molecule has 0 aliphatic heterocycles. The molecule has 4 aliphatic rings. The van der Waals surface area contributed by atoms with Crippen LogP contribution in [0.15, 0.2) is 35.3 Å². The fourth-order valence-corrected chi connectivity index (χ4v) is 6.43. The third kappa shape index (κ3) is 2.50. The molecule has 6 atom stereocenters. The lowest BCUT2D eigenvalue weighted by molar-refractivity contribution is -0.0620. The summed E-state index contributed by atoms with van der Waals surface area (Å²) >= 11 is 0. The number of aliphatic hydroxyl groups is 2. The van der Waals surface area contributed by atoms with E-state index in [1.165, 1.54) is 5.57 Å². The lowest BCUT2D eigenvalue weighted by Gasteiger charge is -2.57. The van der Waals surface area contributed by atoms with Gasteiger partial charge in [0, 0.05) is 17.5 Å². The standard InChI is InChI=1S/C20H29NO2.C2H6/c1-11-8-15-13-10-17(21)16-9-12(22)4-6-19(16,2)14(13)5-7-20(15,3)18(11)23;1-2/h9,13-15,18,22-23H,1,4-8,10,21H2,2-3H3;1-2H3/t13-,14?,15?,18+,19-,20?;/m1./s1. The first kappa shape index (κ1) is 18.6. The molecule has 0 heterocycles. The van der Waals surface area contributed by atoms with Crippen molar-refractivity contribution < 1.29 is 10.2 Å². The van der Waals surface area contributed by atoms with Crippen LogP contribution in [-0.4, -0.2) is 16.3 Å². The van der Waals surface area contributed by atoms with Crippen LogP contribution in [0.1, 0.15) is 66.2 Å². The number of fused-ring (bicyclic) bond motifs is 5. The maximum absolute atomic E-state index is 10.7. The van der Waals surface area contributed by atoms with Gasteiger partial charge >= 0.3 is 0 Å². The van der Waals surface area contributed by atoms with E-state index >= 15 is 0 Å². The molecule has 4 rings (SSSR count). The minimum absolute atomic E-state index is 0.0287. The van der Waals surface area contributed by atoms with E-state index in [4.69, 9.17) is 5.73 Å². The van der Waals surface area contributed by atoms with Gasteiger partial charge in [0.15, 0.2) is 0 Å². The SMILES string of the molecule is C=C1CC2[C@@H]3CC(N)=C4C=C(O)CC[C@]4(C)C3CCC2(C)[C@H]1O.CC. The van der Waals surface area contributed by atoms with E-state index in [0.717, 1.165) is 49.8 Å². The zero-order valence-corrected chi connectivity index (χ0v) is 16.3. The van der Waals surface area contributed by atoms with E-state index in [-0.39, 0.29) is 16.9 Å². The fourth-order valence-electron chi connectivity index (χ4n) is 6.43. The van der Waals surface area contributed by atoms with Crippen LogP contribution in [0, 0.1) is 28.6 Å². The molecule has 0 saturated heterocycles. The Morgan fingerprint density at radius 2 is 1.84 bits per heavy atom. The van der Waals surface area contributed by atoms with E-state index in [1.807, 2.05) is 19.9 Å². The molecular weight excluding hydrogens is 310 g/mol. The van der Waals surface area contributed by atoms with Crippen molar-refractivity contribution in [3.63, 3.8) is 0 Å². The smallest absolute Gasteiger partial charge is 0.0926 e. The maximum Gasteiger partial charge on any atom is 0.0926 e. The van der Waals surface area contributed by atoms with Gasteiger partial charge in [-0.25, -0.2) is 0 Å². The first-order chi connectivity index (χ1) is 11.8. The minimum atomic E-state index is -0.358. The third-order valence-corrected chi connectivity index (χ3v) is 7.81. The summed E-state index contributed by atoms with van der Waals surface area (Å²) in [5.74, 6) is 2.10. The Hall–Kier alpha value is -1.22. The monoisotopic (exact) mass is 345 g/mol. The molecule has 4 N–H and O–H groups in total. The Morgan fingerprint density at radius 3 is 2.52 bits per heavy atom. The predicted octanol–water partition coefficient (Wildman–Crippen LogP) is 4.84. The molecule has 3 unspecified atom stereocenters. The first-order valence-electron chi connectivity index (χ1n) is 10.0. The van der Waals surface area contributed by atoms with Crippen molar-refractivity contribution in [1.29, 1.82) is 0 Å². The van der Waals surface area contributed by atoms with Gasteiger partial charge in [-0.3, -0.25) is 0 Å². The van der Waals surface area contributed by atoms with Crippen LogP contribution in [-0.2, 0) is 0 Å². The van der Waals surface area contributed by atoms with E-state index in [0.29, 0.717) is 23.5 Å². The summed E-state index contributed by atoms with van der Waals surface area (Å²) in [7, 11) is 0. The molecule has 0 aromatic heterocycles. The molecule has 2 fully saturated rings. The second-order valence-electron chi connectivity index (χ2n) is 8.88. The summed E-state index contributed by atoms with van der Waals surface area (Å²) in [6.07, 6.45) is 7.38. The molecule has 140 valence electrons. The Balaban J connectivity index is 0.000000880. The zero-order valence-electron chi connectivity index (χ0n) is 16.3. The molecule has 0 aromatic carbocycles. The number of allylic oxidation sites excluding steroid dienone is 4. The van der Waals surface area contributed by atoms with Gasteiger partial charge in [0.2, 0.25) is 0 Å². The van der Waals surface area contributed by atoms with Crippen LogP contribution in [0.2, 0.25) is 0 Å². The molecule has 3 nitrogen and oxygen atoms in total. The quantitative estimate of drug-likeness (QED) is 0.550. The highest BCUT2D eigenvalue weighted by atomic mass is 16.3. The van der Waals surface area contributed by atoms with Crippen LogP contribution < -0.4 is 5.73 Å². The van der Waals surface area contributed by atoms with Crippen LogP contribution in [0.25, 0.3) is 0 Å². The van der Waals surface area contributed by atoms with Gasteiger partial charge in [0.1, 0.15) is 0 Å². The number of hydrogen-bond acceptors (Lipinski definition) is 3. The Kier molecular flexibility index (Phi) is 4.60. The zero-order chi connectivity index (χ0) is 18.6. The summed E-state index contributed by atoms with van der Waals surface area (Å²) in [6, 6.07) is 0. The van der Waals surface area contributed by atoms with Gasteiger partial charge in [-0.05, 0) is 72.5 Å². The Labute approximate surface area is 152 Å². The number of aliphatic hydroxyl groups excluding tert-OH is 2. The summed E-state index contributed by atoms with van der Waals surface area (Å²) in [5.41, 5.74) is 9.68. The van der Waals surface area contributed by atoms with Crippen LogP contribution >= 0.6 is 0 Å². The van der Waals surface area contributed by atoms with Gasteiger partial charge < -0.3 is 15.9 Å². The van der Waals surface area contributed by atoms with Gasteiger partial charge in [-0.1, -0.05) is 34.3 Å². The molecule has 25 heavy (non-hydrogen) atoms. The van der Waals surface area contributed by atoms with Gasteiger partial charge in [-0.15, -0.1) is 0 Å². The second-order valence-corrected chi connectivity index (χ2v) is 8.88. The average molecular weight is 346 g/mol. The molecular formula is C22H35NO2. The summed E-state index contributed by atoms with van der Waals surface area (Å²) in [4.78, 5) is 0. The van der Waals surface area contributed by atoms with Gasteiger partial charge in [0.25, 0.3) is 0 Å². The van der Waals surface area contributed by atoms with Crippen molar-refractivity contribution in [2.75, 3.05) is 0 Å². The minimum Gasteiger partial charge on any atom is -0.512 e. The molecule has 3 heteroatoms. The number of nitrogens with two attached hydrogens (primary N) is 1. The van der Waals surface area contributed by atoms with Crippen molar-refractivity contribution in [2.24, 2.45) is 34.3 Å². The third-order valence-electron chi connectivity index (χ3n) is 7.81. The van der Waals surface area contributed by atoms with Gasteiger partial charge in [-0.2, -0.15) is 0 Å². The highest BCUT2D eigenvalue weighted by molar-refractivity contribution is 5.39. The molecule has 0 spiro atoms. The van der Waals surface area contributed by atoms with E-state index in [1.54, 1.807) is 0 Å². The van der Waals surface area contributed by atoms with Crippen molar-refractivity contribution in [1.82, 2.24) is 0 Å². The largest absolute Gasteiger partial charge is 0.512 e. The van der Waals surface area contributed by atoms with Crippen molar-refractivity contribution >= 4 is 0 Å². The molecule has 0 aromatic rings. The summed E-state index contributed by atoms with van der Waals surface area (Å²) in [6.45, 7) is 12.7. The maximum atomic E-state index is 10.7. The summed E-state index contributed by atoms with van der Waals surface area (Å²) in [5, 5.41) is 20.6. The van der Waals surface area contributed by atoms with E-state index in [2.05, 4.69) is 20.4 Å². The Morgan fingerprint density at radius 1 is 1.16 bits per heavy atom. The van der Waals surface area contributed by atoms with Crippen molar-refractivity contribution in [2.45, 2.75) is 72.3 Å². The number of rotatable bonds is 0. The lowest BCUT2D eigenvalue weighted by Crippen LogP contribution is -2.51. The normalized spacial score (nSPS) is 45.6. The topological polar surface area (TPSA) is 66.5 Å². The van der Waals surface area contributed by atoms with Crippen LogP contribution in [0.5, 0.6) is 0 Å². The lowest BCUT2D eigenvalue weighted by atomic mass is 9.48. The molecule has 0 amide bonds. The second kappa shape index (κ2) is 6.19. The number of hydrogen-bond donors (Lipinski definition) is 3. The fraction of sp³-hybridized carbons (Fsp3) is 0.727. The molecule has 2 saturated carbocycles. The predicted molar refractivity (Wildman–Crippen MR) is 103 cm³/mol.